The van der Waals surface area contributed by atoms with E-state index in [2.05, 4.69) is 26.6 Å². The number of aliphatic carboxylic acids is 1. The van der Waals surface area contributed by atoms with Gasteiger partial charge >= 0.3 is 12.0 Å². The van der Waals surface area contributed by atoms with Gasteiger partial charge < -0.3 is 15.7 Å². The molecule has 1 aliphatic carbocycles. The van der Waals surface area contributed by atoms with Crippen LogP contribution < -0.4 is 10.6 Å². The van der Waals surface area contributed by atoms with Crippen molar-refractivity contribution in [3.63, 3.8) is 0 Å². The van der Waals surface area contributed by atoms with Crippen molar-refractivity contribution >= 4 is 45.2 Å². The molecular formula is C13H14BrClN2O3. The second-order valence-corrected chi connectivity index (χ2v) is 6.16. The van der Waals surface area contributed by atoms with E-state index in [1.807, 2.05) is 0 Å². The molecule has 1 fully saturated rings. The summed E-state index contributed by atoms with van der Waals surface area (Å²) < 4.78 is 0.702. The maximum Gasteiger partial charge on any atom is 0.319 e. The van der Waals surface area contributed by atoms with E-state index >= 15 is 0 Å². The maximum absolute atomic E-state index is 11.8. The highest BCUT2D eigenvalue weighted by molar-refractivity contribution is 9.10. The Hall–Kier alpha value is -1.27. The van der Waals surface area contributed by atoms with Gasteiger partial charge in [0.25, 0.3) is 0 Å². The summed E-state index contributed by atoms with van der Waals surface area (Å²) in [5.74, 6) is -0.854. The van der Waals surface area contributed by atoms with Gasteiger partial charge in [-0.25, -0.2) is 4.79 Å². The van der Waals surface area contributed by atoms with E-state index in [4.69, 9.17) is 11.6 Å². The number of carbonyl (C=O) groups excluding carboxylic acids is 1. The molecule has 108 valence electrons. The highest BCUT2D eigenvalue weighted by atomic mass is 79.9. The monoisotopic (exact) mass is 360 g/mol. The number of benzene rings is 1. The van der Waals surface area contributed by atoms with E-state index in [0.29, 0.717) is 28.0 Å². The lowest BCUT2D eigenvalue weighted by Crippen LogP contribution is -2.48. The topological polar surface area (TPSA) is 78.4 Å². The Bertz CT molecular complexity index is 546. The van der Waals surface area contributed by atoms with E-state index in [9.17, 15) is 14.7 Å². The first kappa shape index (κ1) is 15.1. The van der Waals surface area contributed by atoms with Crippen molar-refractivity contribution in [3.8, 4) is 0 Å². The van der Waals surface area contributed by atoms with Crippen molar-refractivity contribution in [3.05, 3.63) is 27.7 Å². The van der Waals surface area contributed by atoms with Gasteiger partial charge in [-0.1, -0.05) is 18.0 Å². The van der Waals surface area contributed by atoms with E-state index in [1.165, 1.54) is 0 Å². The lowest BCUT2D eigenvalue weighted by atomic mass is 9.69. The average Bonchev–Trinajstić information content (AvgIpc) is 2.32. The predicted octanol–water partition coefficient (Wildman–Crippen LogP) is 3.48. The largest absolute Gasteiger partial charge is 0.481 e. The molecule has 0 aliphatic heterocycles. The molecule has 0 atom stereocenters. The molecule has 1 aromatic carbocycles. The zero-order valence-corrected chi connectivity index (χ0v) is 12.9. The number of carbonyl (C=O) groups is 2. The van der Waals surface area contributed by atoms with Gasteiger partial charge in [-0.3, -0.25) is 4.79 Å². The number of rotatable bonds is 4. The van der Waals surface area contributed by atoms with Crippen LogP contribution in [-0.4, -0.2) is 23.7 Å². The molecule has 3 N–H and O–H groups in total. The van der Waals surface area contributed by atoms with Crippen molar-refractivity contribution in [1.29, 1.82) is 0 Å². The third-order valence-corrected chi connectivity index (χ3v) is 4.45. The summed E-state index contributed by atoms with van der Waals surface area (Å²) >= 11 is 9.16. The zero-order valence-electron chi connectivity index (χ0n) is 10.6. The number of carboxylic acids is 1. The molecular weight excluding hydrogens is 348 g/mol. The van der Waals surface area contributed by atoms with Crippen LogP contribution in [0.25, 0.3) is 0 Å². The first-order chi connectivity index (χ1) is 9.43. The van der Waals surface area contributed by atoms with Crippen LogP contribution in [0, 0.1) is 5.41 Å². The van der Waals surface area contributed by atoms with Gasteiger partial charge in [0.05, 0.1) is 11.1 Å². The number of carboxylic acid groups (broad SMARTS) is 1. The Morgan fingerprint density at radius 3 is 2.65 bits per heavy atom. The number of hydrogen-bond acceptors (Lipinski definition) is 2. The Labute approximate surface area is 129 Å². The second-order valence-electron chi connectivity index (χ2n) is 4.87. The standard InChI is InChI=1S/C13H14BrClN2O3/c14-9-3-2-8(15)6-10(9)17-12(20)16-7-13(11(18)19)4-1-5-13/h2-3,6H,1,4-5,7H2,(H,18,19)(H2,16,17,20). The molecule has 0 bridgehead atoms. The summed E-state index contributed by atoms with van der Waals surface area (Å²) in [6.45, 7) is 0.131. The van der Waals surface area contributed by atoms with Gasteiger partial charge in [-0.05, 0) is 47.0 Å². The van der Waals surface area contributed by atoms with Crippen molar-refractivity contribution in [2.24, 2.45) is 5.41 Å². The summed E-state index contributed by atoms with van der Waals surface area (Å²) in [6.07, 6.45) is 2.09. The average molecular weight is 362 g/mol. The molecule has 0 radical (unpaired) electrons. The lowest BCUT2D eigenvalue weighted by Gasteiger charge is -2.37. The zero-order chi connectivity index (χ0) is 14.8. The normalized spacial score (nSPS) is 16.1. The van der Waals surface area contributed by atoms with Crippen LogP contribution in [0.4, 0.5) is 10.5 Å². The molecule has 7 heteroatoms. The molecule has 0 unspecified atom stereocenters. The van der Waals surface area contributed by atoms with Crippen molar-refractivity contribution in [1.82, 2.24) is 5.32 Å². The van der Waals surface area contributed by atoms with E-state index < -0.39 is 17.4 Å². The van der Waals surface area contributed by atoms with Crippen LogP contribution in [0.5, 0.6) is 0 Å². The van der Waals surface area contributed by atoms with Crippen LogP contribution in [0.2, 0.25) is 5.02 Å². The van der Waals surface area contributed by atoms with Crippen LogP contribution >= 0.6 is 27.5 Å². The summed E-state index contributed by atoms with van der Waals surface area (Å²) in [7, 11) is 0. The molecule has 1 saturated carbocycles. The maximum atomic E-state index is 11.8. The molecule has 0 aromatic heterocycles. The molecule has 0 heterocycles. The Morgan fingerprint density at radius 1 is 1.40 bits per heavy atom. The minimum Gasteiger partial charge on any atom is -0.481 e. The number of urea groups is 1. The fraction of sp³-hybridized carbons (Fsp3) is 0.385. The second kappa shape index (κ2) is 6.01. The molecule has 1 aliphatic rings. The SMILES string of the molecule is O=C(NCC1(C(=O)O)CCC1)Nc1cc(Cl)ccc1Br. The number of halogens is 2. The van der Waals surface area contributed by atoms with Gasteiger partial charge in [0, 0.05) is 16.0 Å². The van der Waals surface area contributed by atoms with E-state index in [-0.39, 0.29) is 6.54 Å². The number of amides is 2. The molecule has 2 rings (SSSR count). The van der Waals surface area contributed by atoms with Crippen molar-refractivity contribution in [2.75, 3.05) is 11.9 Å². The van der Waals surface area contributed by atoms with Gasteiger partial charge in [-0.15, -0.1) is 0 Å². The van der Waals surface area contributed by atoms with Crippen LogP contribution in [0.1, 0.15) is 19.3 Å². The fourth-order valence-electron chi connectivity index (χ4n) is 2.08. The lowest BCUT2D eigenvalue weighted by molar-refractivity contribution is -0.153. The smallest absolute Gasteiger partial charge is 0.319 e. The Morgan fingerprint density at radius 2 is 2.10 bits per heavy atom. The highest BCUT2D eigenvalue weighted by Gasteiger charge is 2.44. The third kappa shape index (κ3) is 3.24. The number of hydrogen-bond donors (Lipinski definition) is 3. The molecule has 20 heavy (non-hydrogen) atoms. The Kier molecular flexibility index (Phi) is 4.55. The molecule has 0 saturated heterocycles. The summed E-state index contributed by atoms with van der Waals surface area (Å²) in [5, 5.41) is 14.9. The van der Waals surface area contributed by atoms with Crippen LogP contribution in [-0.2, 0) is 4.79 Å². The van der Waals surface area contributed by atoms with Gasteiger partial charge in [0.15, 0.2) is 0 Å². The van der Waals surface area contributed by atoms with Crippen molar-refractivity contribution in [2.45, 2.75) is 19.3 Å². The first-order valence-electron chi connectivity index (χ1n) is 6.16. The minimum atomic E-state index is -0.854. The number of nitrogens with one attached hydrogen (secondary N) is 2. The Balaban J connectivity index is 1.93. The van der Waals surface area contributed by atoms with Crippen LogP contribution in [0.15, 0.2) is 22.7 Å². The minimum absolute atomic E-state index is 0.131. The van der Waals surface area contributed by atoms with Crippen molar-refractivity contribution < 1.29 is 14.7 Å². The third-order valence-electron chi connectivity index (χ3n) is 3.53. The fourth-order valence-corrected chi connectivity index (χ4v) is 2.60. The first-order valence-corrected chi connectivity index (χ1v) is 7.33. The van der Waals surface area contributed by atoms with E-state index in [0.717, 1.165) is 6.42 Å². The van der Waals surface area contributed by atoms with E-state index in [1.54, 1.807) is 18.2 Å². The number of anilines is 1. The highest BCUT2D eigenvalue weighted by Crippen LogP contribution is 2.40. The van der Waals surface area contributed by atoms with Gasteiger partial charge in [-0.2, -0.15) is 0 Å². The molecule has 5 nitrogen and oxygen atoms in total. The molecule has 1 aromatic rings. The van der Waals surface area contributed by atoms with Crippen LogP contribution in [0.3, 0.4) is 0 Å². The quantitative estimate of drug-likeness (QED) is 0.768. The van der Waals surface area contributed by atoms with Gasteiger partial charge in [0.1, 0.15) is 0 Å². The molecule has 2 amide bonds. The predicted molar refractivity (Wildman–Crippen MR) is 80.1 cm³/mol. The molecule has 0 spiro atoms. The summed E-state index contributed by atoms with van der Waals surface area (Å²) in [5.41, 5.74) is -0.268. The summed E-state index contributed by atoms with van der Waals surface area (Å²) in [4.78, 5) is 23.0. The van der Waals surface area contributed by atoms with Gasteiger partial charge in [0.2, 0.25) is 0 Å². The summed E-state index contributed by atoms with van der Waals surface area (Å²) in [6, 6.07) is 4.59.